The Morgan fingerprint density at radius 1 is 0.459 bits per heavy atom. The summed E-state index contributed by atoms with van der Waals surface area (Å²) in [4.78, 5) is 170. The number of para-hydroxylation sites is 2. The lowest BCUT2D eigenvalue weighted by Gasteiger charge is -2.36. The number of carbonyl (C=O) groups is 12. The van der Waals surface area contributed by atoms with Gasteiger partial charge in [-0.2, -0.15) is 26.3 Å². The van der Waals surface area contributed by atoms with Gasteiger partial charge in [-0.1, -0.05) is 62.1 Å². The van der Waals surface area contributed by atoms with E-state index in [1.54, 1.807) is 49.6 Å². The van der Waals surface area contributed by atoms with E-state index in [4.69, 9.17) is 29.8 Å². The van der Waals surface area contributed by atoms with Gasteiger partial charge in [0.05, 0.1) is 92.9 Å². The molecule has 2 aromatic heterocycles. The van der Waals surface area contributed by atoms with Crippen molar-refractivity contribution in [3.63, 3.8) is 0 Å². The Balaban J connectivity index is 0.000000204. The minimum absolute atomic E-state index is 0.00915. The fourth-order valence-corrected chi connectivity index (χ4v) is 16.4. The molecular weight excluding hydrogens is 1770 g/mol. The van der Waals surface area contributed by atoms with Crippen LogP contribution in [0.1, 0.15) is 150 Å². The first-order chi connectivity index (χ1) is 64.7. The molecule has 0 aliphatic carbocycles. The number of benzene rings is 6. The number of anilines is 10. The normalized spacial score (nSPS) is 16.4. The Labute approximate surface area is 773 Å². The van der Waals surface area contributed by atoms with Crippen LogP contribution in [0.4, 0.5) is 83.5 Å². The van der Waals surface area contributed by atoms with E-state index in [2.05, 4.69) is 66.8 Å². The van der Waals surface area contributed by atoms with Crippen LogP contribution >= 0.6 is 0 Å². The lowest BCUT2D eigenvalue weighted by Crippen LogP contribution is -2.54. The Hall–Kier alpha value is -14.5. The second kappa shape index (κ2) is 45.3. The molecule has 4 fully saturated rings. The number of alkyl halides is 6. The zero-order valence-corrected chi connectivity index (χ0v) is 75.2. The third-order valence-corrected chi connectivity index (χ3v) is 23.7. The van der Waals surface area contributed by atoms with Gasteiger partial charge in [0.15, 0.2) is 13.2 Å². The maximum Gasteiger partial charge on any atom is 0.419 e. The van der Waals surface area contributed by atoms with Gasteiger partial charge in [0, 0.05) is 148 Å². The van der Waals surface area contributed by atoms with Crippen LogP contribution in [0.5, 0.6) is 23.0 Å². The van der Waals surface area contributed by atoms with Crippen LogP contribution in [0.15, 0.2) is 146 Å². The number of hydrogen-bond donors (Lipinski definition) is 9. The third-order valence-electron chi connectivity index (χ3n) is 23.7. The number of carbonyl (C=O) groups excluding carboxylic acids is 11. The number of nitrogens with zero attached hydrogens (tertiary/aromatic N) is 10. The van der Waals surface area contributed by atoms with Gasteiger partial charge in [-0.25, -0.2) is 14.8 Å². The van der Waals surface area contributed by atoms with E-state index in [9.17, 15) is 83.9 Å². The van der Waals surface area contributed by atoms with Crippen molar-refractivity contribution in [3.8, 4) is 23.0 Å². The van der Waals surface area contributed by atoms with Gasteiger partial charge in [0.25, 0.3) is 53.2 Å². The Morgan fingerprint density at radius 2 is 0.867 bits per heavy atom. The highest BCUT2D eigenvalue weighted by molar-refractivity contribution is 6.26. The van der Waals surface area contributed by atoms with E-state index in [0.717, 1.165) is 147 Å². The minimum atomic E-state index is -4.71. The number of unbranched alkanes of at least 4 members (excludes halogenated alkanes) is 6. The van der Waals surface area contributed by atoms with Crippen LogP contribution in [0.3, 0.4) is 0 Å². The number of pyridine rings is 2. The smallest absolute Gasteiger partial charge is 0.419 e. The predicted octanol–water partition coefficient (Wildman–Crippen LogP) is 11.1. The predicted molar refractivity (Wildman–Crippen MR) is 488 cm³/mol. The number of halogens is 6. The first kappa shape index (κ1) is 99.5. The average Bonchev–Trinajstić information content (AvgIpc) is 1.60. The number of likely N-dealkylation sites (tertiary alicyclic amines) is 2. The van der Waals surface area contributed by atoms with E-state index in [-0.39, 0.29) is 129 Å². The number of piperidine rings is 2. The number of methoxy groups -OCH3 is 2. The molecule has 10 N–H and O–H groups in total. The van der Waals surface area contributed by atoms with E-state index in [0.29, 0.717) is 29.4 Å². The van der Waals surface area contributed by atoms with Gasteiger partial charge < -0.3 is 76.8 Å². The average molecular weight is 1870 g/mol. The highest BCUT2D eigenvalue weighted by Crippen LogP contribution is 2.44. The number of amides is 11. The quantitative estimate of drug-likeness (QED) is 0.0101. The molecular formula is C94H106F6N18O17. The zero-order valence-electron chi connectivity index (χ0n) is 75.2. The van der Waals surface area contributed by atoms with Crippen molar-refractivity contribution in [2.45, 2.75) is 101 Å². The van der Waals surface area contributed by atoms with Gasteiger partial charge in [0.2, 0.25) is 11.8 Å². The molecule has 8 heterocycles. The molecule has 2 unspecified atom stereocenters. The van der Waals surface area contributed by atoms with Crippen molar-refractivity contribution >= 4 is 128 Å². The Kier molecular flexibility index (Phi) is 33.4. The summed E-state index contributed by atoms with van der Waals surface area (Å²) in [6, 6.07) is 33.1. The van der Waals surface area contributed by atoms with Crippen molar-refractivity contribution in [2.24, 2.45) is 5.73 Å². The summed E-state index contributed by atoms with van der Waals surface area (Å²) in [5.74, 6) is -5.85. The standard InChI is InChI=1S/C47H52F3N9O8.C31H40F3N7O2.C16H14N2O7/c1-51-43(62)30-11-6-7-13-33(30)54-35-26-39(53-27-32(35)47(48,49)50)55-34-16-15-29(25-38(34)66-3)58-23-21-57(22-24-58)20-9-5-4-8-19-52-40(60)28-67-37-14-10-12-31-42(37)46(65)59(44(31)63)36-17-18-41(61)56(2)45(36)64;1-36-30(42)23-9-5-6-10-25(23)38-27-20-29(37-21-24(27)31(32,33)34)39-26-12-11-22(19-28(26)43-2)41-17-15-40(16-18-41)14-8-4-3-7-13-35;1-17-11(19)6-5-9(15(17)23)18-14(22)8-3-2-4-10(13(8)16(18)24)25-7-12(20)21/h6-7,10-16,25-27,36H,4-5,8-9,17-24,28H2,1-3H3,(H,51,62)(H,52,60)(H2,53,54,55);5-6,9-12,19-21H,3-4,7-8,13-18,35H2,1-2H3,(H,36,42)(H2,37,38,39);2-4,9H,5-7H2,1H3,(H,20,21). The van der Waals surface area contributed by atoms with Gasteiger partial charge in [-0.05, 0) is 131 Å². The third kappa shape index (κ3) is 24.3. The second-order valence-electron chi connectivity index (χ2n) is 32.3. The molecule has 0 bridgehead atoms. The molecule has 135 heavy (non-hydrogen) atoms. The molecule has 716 valence electrons. The lowest BCUT2D eigenvalue weighted by atomic mass is 10.0. The summed E-state index contributed by atoms with van der Waals surface area (Å²) >= 11 is 0. The van der Waals surface area contributed by atoms with Crippen LogP contribution in [-0.2, 0) is 41.1 Å². The van der Waals surface area contributed by atoms with E-state index >= 15 is 0 Å². The molecule has 6 aromatic carbocycles. The monoisotopic (exact) mass is 1870 g/mol. The van der Waals surface area contributed by atoms with Crippen molar-refractivity contribution in [1.29, 1.82) is 0 Å². The summed E-state index contributed by atoms with van der Waals surface area (Å²) < 4.78 is 106. The summed E-state index contributed by atoms with van der Waals surface area (Å²) in [6.07, 6.45) is 0.604. The molecule has 41 heteroatoms. The molecule has 8 aromatic rings. The number of hydrogen-bond acceptors (Lipinski definition) is 27. The number of nitrogens with two attached hydrogens (primary N) is 1. The van der Waals surface area contributed by atoms with Crippen LogP contribution in [0.25, 0.3) is 0 Å². The van der Waals surface area contributed by atoms with E-state index in [1.165, 1.54) is 115 Å². The Bertz CT molecular complexity index is 5730. The number of rotatable bonds is 35. The number of fused-ring (bicyclic) bond motifs is 2. The number of imide groups is 4. The first-order valence-electron chi connectivity index (χ1n) is 44.0. The van der Waals surface area contributed by atoms with Gasteiger partial charge in [0.1, 0.15) is 46.7 Å². The van der Waals surface area contributed by atoms with E-state index < -0.39 is 95.4 Å². The lowest BCUT2D eigenvalue weighted by molar-refractivity contribution is -0.151. The molecule has 0 radical (unpaired) electrons. The highest BCUT2D eigenvalue weighted by atomic mass is 19.4. The van der Waals surface area contributed by atoms with Crippen molar-refractivity contribution < 1.29 is 108 Å². The summed E-state index contributed by atoms with van der Waals surface area (Å²) in [6.45, 7) is 9.21. The molecule has 6 aliphatic rings. The summed E-state index contributed by atoms with van der Waals surface area (Å²) in [5.41, 5.74) is 6.99. The van der Waals surface area contributed by atoms with Gasteiger partial charge >= 0.3 is 18.3 Å². The highest BCUT2D eigenvalue weighted by Gasteiger charge is 2.50. The summed E-state index contributed by atoms with van der Waals surface area (Å²) in [7, 11) is 8.59. The molecule has 35 nitrogen and oxygen atoms in total. The minimum Gasteiger partial charge on any atom is -0.494 e. The van der Waals surface area contributed by atoms with Crippen molar-refractivity contribution in [3.05, 3.63) is 190 Å². The molecule has 4 saturated heterocycles. The molecule has 11 amide bonds. The number of carboxylic acids is 1. The van der Waals surface area contributed by atoms with Crippen molar-refractivity contribution in [2.75, 3.05) is 165 Å². The van der Waals surface area contributed by atoms with Gasteiger partial charge in [-0.3, -0.25) is 82.1 Å². The topological polar surface area (TPSA) is 424 Å². The number of carboxylic acid groups (broad SMARTS) is 1. The molecule has 14 rings (SSSR count). The number of piperazine rings is 2. The maximum atomic E-state index is 14.0. The van der Waals surface area contributed by atoms with Gasteiger partial charge in [-0.15, -0.1) is 0 Å². The van der Waals surface area contributed by atoms with Crippen LogP contribution < -0.4 is 71.7 Å². The molecule has 0 spiro atoms. The number of aromatic nitrogens is 2. The fraction of sp³-hybridized carbons (Fsp3) is 0.383. The molecule has 2 atom stereocenters. The number of aliphatic carboxylic acids is 1. The zero-order chi connectivity index (χ0) is 97.0. The number of nitrogens with one attached hydrogen (secondary N) is 7. The molecule has 6 aliphatic heterocycles. The second-order valence-corrected chi connectivity index (χ2v) is 32.3. The van der Waals surface area contributed by atoms with Crippen molar-refractivity contribution in [1.82, 2.24) is 55.3 Å². The van der Waals surface area contributed by atoms with Crippen LogP contribution in [0.2, 0.25) is 0 Å². The molecule has 0 saturated carbocycles. The van der Waals surface area contributed by atoms with Crippen LogP contribution in [0, 0.1) is 0 Å². The maximum absolute atomic E-state index is 14.0. The first-order valence-corrected chi connectivity index (χ1v) is 44.0. The van der Waals surface area contributed by atoms with Crippen LogP contribution in [-0.4, -0.2) is 262 Å². The summed E-state index contributed by atoms with van der Waals surface area (Å²) in [5, 5.41) is 28.3. The Morgan fingerprint density at radius 3 is 1.27 bits per heavy atom. The van der Waals surface area contributed by atoms with E-state index in [1.807, 2.05) is 30.3 Å². The number of likely N-dealkylation sites (N-methyl/N-ethyl adjacent to an activating group) is 2. The SMILES string of the molecule is CN1C(=O)CCC(N2C(=O)c3cccc(OCC(=O)O)c3C2=O)C1=O.CNC(=O)c1ccccc1Nc1cc(Nc2ccc(N3CCN(CCCCCCN)CC3)cc2OC)ncc1C(F)(F)F.CNC(=O)c1ccccc1Nc1cc(Nc2ccc(N3CCN(CCCCCCNC(=O)COc4cccc5c4C(=O)N(C4CCC(=O)N(C)C4=O)C5=O)CC3)cc2OC)ncc1C(F)(F)F. The largest absolute Gasteiger partial charge is 0.494 e. The fourth-order valence-electron chi connectivity index (χ4n) is 16.4. The number of ether oxygens (including phenoxy) is 4.